The van der Waals surface area contributed by atoms with Gasteiger partial charge in [0, 0.05) is 6.42 Å². The Hall–Kier alpha value is -1.55. The summed E-state index contributed by atoms with van der Waals surface area (Å²) in [5.41, 5.74) is 2.85. The molecule has 0 heterocycles. The van der Waals surface area contributed by atoms with Crippen molar-refractivity contribution in [3.63, 3.8) is 0 Å². The molecule has 16 heavy (non-hydrogen) atoms. The number of ether oxygens (including phenoxy) is 1. The SMILES string of the molecule is COc1ccc(CCCCC(=O)NO)cc1. The number of benzene rings is 1. The summed E-state index contributed by atoms with van der Waals surface area (Å²) in [5.74, 6) is 0.526. The minimum Gasteiger partial charge on any atom is -0.497 e. The van der Waals surface area contributed by atoms with Crippen molar-refractivity contribution < 1.29 is 14.7 Å². The van der Waals surface area contributed by atoms with Crippen LogP contribution in [0.15, 0.2) is 24.3 Å². The van der Waals surface area contributed by atoms with E-state index in [-0.39, 0.29) is 5.91 Å². The molecule has 0 bridgehead atoms. The second-order valence-electron chi connectivity index (χ2n) is 3.59. The van der Waals surface area contributed by atoms with Crippen molar-refractivity contribution in [2.45, 2.75) is 25.7 Å². The molecule has 0 saturated heterocycles. The number of nitrogens with one attached hydrogen (secondary N) is 1. The largest absolute Gasteiger partial charge is 0.497 e. The molecule has 1 amide bonds. The van der Waals surface area contributed by atoms with Gasteiger partial charge in [-0.1, -0.05) is 12.1 Å². The Labute approximate surface area is 95.2 Å². The summed E-state index contributed by atoms with van der Waals surface area (Å²) in [5, 5.41) is 8.30. The molecule has 0 aliphatic carbocycles. The molecule has 4 heteroatoms. The fourth-order valence-electron chi connectivity index (χ4n) is 1.46. The predicted molar refractivity (Wildman–Crippen MR) is 60.5 cm³/mol. The smallest absolute Gasteiger partial charge is 0.243 e. The van der Waals surface area contributed by atoms with E-state index in [1.165, 1.54) is 5.56 Å². The van der Waals surface area contributed by atoms with E-state index in [2.05, 4.69) is 0 Å². The second-order valence-corrected chi connectivity index (χ2v) is 3.59. The highest BCUT2D eigenvalue weighted by atomic mass is 16.5. The highest BCUT2D eigenvalue weighted by Gasteiger charge is 1.99. The van der Waals surface area contributed by atoms with Gasteiger partial charge in [0.25, 0.3) is 0 Å². The number of methoxy groups -OCH3 is 1. The summed E-state index contributed by atoms with van der Waals surface area (Å²) in [6, 6.07) is 7.89. The van der Waals surface area contributed by atoms with Crippen molar-refractivity contribution >= 4 is 5.91 Å². The number of carbonyl (C=O) groups excluding carboxylic acids is 1. The summed E-state index contributed by atoms with van der Waals surface area (Å²) in [4.78, 5) is 10.7. The van der Waals surface area contributed by atoms with Gasteiger partial charge in [-0.25, -0.2) is 5.48 Å². The Bertz CT molecular complexity index is 322. The number of amides is 1. The van der Waals surface area contributed by atoms with Gasteiger partial charge < -0.3 is 4.74 Å². The molecular weight excluding hydrogens is 206 g/mol. The summed E-state index contributed by atoms with van der Waals surface area (Å²) < 4.78 is 5.06. The summed E-state index contributed by atoms with van der Waals surface area (Å²) >= 11 is 0. The van der Waals surface area contributed by atoms with Gasteiger partial charge >= 0.3 is 0 Å². The molecule has 0 spiro atoms. The lowest BCUT2D eigenvalue weighted by Gasteiger charge is -2.03. The van der Waals surface area contributed by atoms with Crippen LogP contribution < -0.4 is 10.2 Å². The topological polar surface area (TPSA) is 58.6 Å². The Balaban J connectivity index is 2.24. The predicted octanol–water partition coefficient (Wildman–Crippen LogP) is 1.91. The summed E-state index contributed by atoms with van der Waals surface area (Å²) in [7, 11) is 1.64. The summed E-state index contributed by atoms with van der Waals surface area (Å²) in [6.45, 7) is 0. The lowest BCUT2D eigenvalue weighted by Crippen LogP contribution is -2.17. The fraction of sp³-hybridized carbons (Fsp3) is 0.417. The van der Waals surface area contributed by atoms with Crippen molar-refractivity contribution in [1.82, 2.24) is 5.48 Å². The van der Waals surface area contributed by atoms with Crippen LogP contribution >= 0.6 is 0 Å². The van der Waals surface area contributed by atoms with E-state index in [9.17, 15) is 4.79 Å². The highest BCUT2D eigenvalue weighted by molar-refractivity contribution is 5.74. The molecule has 1 rings (SSSR count). The molecule has 0 unspecified atom stereocenters. The molecule has 2 N–H and O–H groups in total. The Morgan fingerprint density at radius 2 is 2.00 bits per heavy atom. The number of hydrogen-bond donors (Lipinski definition) is 2. The van der Waals surface area contributed by atoms with Gasteiger partial charge in [-0.15, -0.1) is 0 Å². The van der Waals surface area contributed by atoms with E-state index in [4.69, 9.17) is 9.94 Å². The lowest BCUT2D eigenvalue weighted by molar-refractivity contribution is -0.129. The molecule has 0 saturated carbocycles. The molecule has 1 aromatic rings. The van der Waals surface area contributed by atoms with Crippen LogP contribution in [0, 0.1) is 0 Å². The monoisotopic (exact) mass is 223 g/mol. The van der Waals surface area contributed by atoms with Crippen LogP contribution in [-0.4, -0.2) is 18.2 Å². The molecule has 0 aromatic heterocycles. The zero-order valence-corrected chi connectivity index (χ0v) is 9.40. The minimum absolute atomic E-state index is 0.324. The quantitative estimate of drug-likeness (QED) is 0.440. The van der Waals surface area contributed by atoms with Crippen LogP contribution in [-0.2, 0) is 11.2 Å². The molecule has 0 aliphatic heterocycles. The third-order valence-corrected chi connectivity index (χ3v) is 2.40. The van der Waals surface area contributed by atoms with Crippen molar-refractivity contribution in [3.05, 3.63) is 29.8 Å². The molecule has 1 aromatic carbocycles. The normalized spacial score (nSPS) is 9.88. The standard InChI is InChI=1S/C12H17NO3/c1-16-11-8-6-10(7-9-11)4-2-3-5-12(14)13-15/h6-9,15H,2-5H2,1H3,(H,13,14). The molecule has 4 nitrogen and oxygen atoms in total. The number of unbranched alkanes of at least 4 members (excludes halogenated alkanes) is 1. The third kappa shape index (κ3) is 4.31. The number of rotatable bonds is 6. The minimum atomic E-state index is -0.324. The first kappa shape index (κ1) is 12.5. The van der Waals surface area contributed by atoms with Crippen LogP contribution in [0.4, 0.5) is 0 Å². The molecule has 0 radical (unpaired) electrons. The van der Waals surface area contributed by atoms with Crippen LogP contribution in [0.1, 0.15) is 24.8 Å². The highest BCUT2D eigenvalue weighted by Crippen LogP contribution is 2.13. The average molecular weight is 223 g/mol. The molecule has 0 fully saturated rings. The van der Waals surface area contributed by atoms with Gasteiger partial charge in [0.1, 0.15) is 5.75 Å². The van der Waals surface area contributed by atoms with Crippen molar-refractivity contribution in [3.8, 4) is 5.75 Å². The van der Waals surface area contributed by atoms with Gasteiger partial charge in [0.2, 0.25) is 5.91 Å². The van der Waals surface area contributed by atoms with Crippen LogP contribution in [0.25, 0.3) is 0 Å². The molecule has 88 valence electrons. The Morgan fingerprint density at radius 3 is 2.56 bits per heavy atom. The maximum absolute atomic E-state index is 10.7. The van der Waals surface area contributed by atoms with E-state index >= 15 is 0 Å². The van der Waals surface area contributed by atoms with Gasteiger partial charge in [0.15, 0.2) is 0 Å². The molecular formula is C12H17NO3. The number of carbonyl (C=O) groups is 1. The third-order valence-electron chi connectivity index (χ3n) is 2.40. The zero-order chi connectivity index (χ0) is 11.8. The number of hydroxylamine groups is 1. The van der Waals surface area contributed by atoms with Gasteiger partial charge in [-0.05, 0) is 37.0 Å². The Morgan fingerprint density at radius 1 is 1.31 bits per heavy atom. The maximum Gasteiger partial charge on any atom is 0.243 e. The van der Waals surface area contributed by atoms with E-state index in [1.54, 1.807) is 12.6 Å². The molecule has 0 atom stereocenters. The van der Waals surface area contributed by atoms with Gasteiger partial charge in [-0.3, -0.25) is 10.0 Å². The van der Waals surface area contributed by atoms with Crippen molar-refractivity contribution in [1.29, 1.82) is 0 Å². The fourth-order valence-corrected chi connectivity index (χ4v) is 1.46. The van der Waals surface area contributed by atoms with Crippen LogP contribution in [0.2, 0.25) is 0 Å². The number of hydrogen-bond acceptors (Lipinski definition) is 3. The first-order valence-electron chi connectivity index (χ1n) is 5.32. The average Bonchev–Trinajstić information content (AvgIpc) is 2.35. The summed E-state index contributed by atoms with van der Waals surface area (Å²) in [6.07, 6.45) is 3.01. The molecule has 0 aliphatic rings. The Kier molecular flexibility index (Phi) is 5.36. The van der Waals surface area contributed by atoms with E-state index in [1.807, 2.05) is 24.3 Å². The van der Waals surface area contributed by atoms with Gasteiger partial charge in [-0.2, -0.15) is 0 Å². The first-order valence-corrected chi connectivity index (χ1v) is 5.32. The van der Waals surface area contributed by atoms with Crippen molar-refractivity contribution in [2.24, 2.45) is 0 Å². The van der Waals surface area contributed by atoms with Crippen LogP contribution in [0.5, 0.6) is 5.75 Å². The lowest BCUT2D eigenvalue weighted by atomic mass is 10.1. The van der Waals surface area contributed by atoms with Gasteiger partial charge in [0.05, 0.1) is 7.11 Å². The van der Waals surface area contributed by atoms with Crippen LogP contribution in [0.3, 0.4) is 0 Å². The van der Waals surface area contributed by atoms with Crippen molar-refractivity contribution in [2.75, 3.05) is 7.11 Å². The first-order chi connectivity index (χ1) is 7.76. The number of aryl methyl sites for hydroxylation is 1. The maximum atomic E-state index is 10.7. The van der Waals surface area contributed by atoms with E-state index < -0.39 is 0 Å². The van der Waals surface area contributed by atoms with E-state index in [0.29, 0.717) is 6.42 Å². The second kappa shape index (κ2) is 6.85. The van der Waals surface area contributed by atoms with E-state index in [0.717, 1.165) is 25.0 Å². The zero-order valence-electron chi connectivity index (χ0n) is 9.40.